The molecule has 2 unspecified atom stereocenters. The summed E-state index contributed by atoms with van der Waals surface area (Å²) in [5.41, 5.74) is 0. The van der Waals surface area contributed by atoms with Crippen LogP contribution in [0, 0.1) is 5.92 Å². The number of benzene rings is 1. The quantitative estimate of drug-likeness (QED) is 0.835. The van der Waals surface area contributed by atoms with Crippen molar-refractivity contribution in [2.45, 2.75) is 38.9 Å². The molecule has 1 heterocycles. The maximum absolute atomic E-state index is 5.98. The molecule has 1 N–H and O–H groups in total. The first kappa shape index (κ1) is 15.6. The van der Waals surface area contributed by atoms with Gasteiger partial charge in [0.25, 0.3) is 0 Å². The van der Waals surface area contributed by atoms with Crippen LogP contribution < -0.4 is 10.1 Å². The summed E-state index contributed by atoms with van der Waals surface area (Å²) in [5.74, 6) is 1.53. The molecule has 112 valence electrons. The summed E-state index contributed by atoms with van der Waals surface area (Å²) in [6.07, 6.45) is 2.71. The number of ether oxygens (including phenoxy) is 2. The highest BCUT2D eigenvalue weighted by Crippen LogP contribution is 2.21. The molecule has 20 heavy (non-hydrogen) atoms. The minimum atomic E-state index is 0.205. The lowest BCUT2D eigenvalue weighted by molar-refractivity contribution is 0.0184. The van der Waals surface area contributed by atoms with Gasteiger partial charge in [-0.05, 0) is 49.6 Å². The van der Waals surface area contributed by atoms with E-state index in [9.17, 15) is 0 Å². The van der Waals surface area contributed by atoms with Crippen LogP contribution in [0.15, 0.2) is 24.3 Å². The zero-order chi connectivity index (χ0) is 14.4. The SMILES string of the molecule is CC(C)CNCC1CCC(COc2ccc(Cl)cc2)O1. The Balaban J connectivity index is 1.64. The van der Waals surface area contributed by atoms with Gasteiger partial charge in [0.05, 0.1) is 12.2 Å². The number of rotatable bonds is 7. The first-order chi connectivity index (χ1) is 9.63. The summed E-state index contributed by atoms with van der Waals surface area (Å²) in [7, 11) is 0. The Morgan fingerprint density at radius 1 is 1.25 bits per heavy atom. The molecule has 0 amide bonds. The van der Waals surface area contributed by atoms with Crippen LogP contribution >= 0.6 is 11.6 Å². The van der Waals surface area contributed by atoms with Crippen molar-refractivity contribution in [3.8, 4) is 5.75 Å². The van der Waals surface area contributed by atoms with E-state index in [1.807, 2.05) is 24.3 Å². The van der Waals surface area contributed by atoms with Gasteiger partial charge in [0.2, 0.25) is 0 Å². The zero-order valence-corrected chi connectivity index (χ0v) is 13.0. The number of hydrogen-bond donors (Lipinski definition) is 1. The third kappa shape index (κ3) is 5.31. The van der Waals surface area contributed by atoms with Gasteiger partial charge in [-0.25, -0.2) is 0 Å². The van der Waals surface area contributed by atoms with Gasteiger partial charge in [-0.1, -0.05) is 25.4 Å². The smallest absolute Gasteiger partial charge is 0.119 e. The van der Waals surface area contributed by atoms with Gasteiger partial charge in [0.15, 0.2) is 0 Å². The maximum Gasteiger partial charge on any atom is 0.119 e. The van der Waals surface area contributed by atoms with E-state index in [1.165, 1.54) is 0 Å². The van der Waals surface area contributed by atoms with Gasteiger partial charge in [0.1, 0.15) is 12.4 Å². The first-order valence-corrected chi connectivity index (χ1v) is 7.76. The third-order valence-corrected chi connectivity index (χ3v) is 3.62. The van der Waals surface area contributed by atoms with Crippen molar-refractivity contribution in [1.29, 1.82) is 0 Å². The highest BCUT2D eigenvalue weighted by atomic mass is 35.5. The normalized spacial score (nSPS) is 22.4. The van der Waals surface area contributed by atoms with E-state index in [1.54, 1.807) is 0 Å². The topological polar surface area (TPSA) is 30.5 Å². The molecule has 0 aromatic heterocycles. The Bertz CT molecular complexity index is 394. The van der Waals surface area contributed by atoms with Crippen LogP contribution in [0.3, 0.4) is 0 Å². The van der Waals surface area contributed by atoms with E-state index in [0.29, 0.717) is 18.6 Å². The maximum atomic E-state index is 5.98. The molecule has 0 saturated carbocycles. The van der Waals surface area contributed by atoms with Crippen molar-refractivity contribution >= 4 is 11.6 Å². The van der Waals surface area contributed by atoms with Gasteiger partial charge >= 0.3 is 0 Å². The van der Waals surface area contributed by atoms with E-state index in [4.69, 9.17) is 21.1 Å². The van der Waals surface area contributed by atoms with Crippen LogP contribution in [0.5, 0.6) is 5.75 Å². The molecule has 3 nitrogen and oxygen atoms in total. The van der Waals surface area contributed by atoms with Crippen molar-refractivity contribution in [3.63, 3.8) is 0 Å². The Labute approximate surface area is 126 Å². The summed E-state index contributed by atoms with van der Waals surface area (Å²) in [6, 6.07) is 7.45. The molecule has 1 fully saturated rings. The molecule has 2 rings (SSSR count). The number of halogens is 1. The molecule has 0 spiro atoms. The molecule has 1 aliphatic heterocycles. The third-order valence-electron chi connectivity index (χ3n) is 3.37. The van der Waals surface area contributed by atoms with Crippen LogP contribution in [0.25, 0.3) is 0 Å². The van der Waals surface area contributed by atoms with Crippen LogP contribution in [-0.4, -0.2) is 31.9 Å². The Hall–Kier alpha value is -0.770. The second kappa shape index (κ2) is 7.87. The lowest BCUT2D eigenvalue weighted by Crippen LogP contribution is -2.30. The zero-order valence-electron chi connectivity index (χ0n) is 12.3. The summed E-state index contributed by atoms with van der Waals surface area (Å²) in [4.78, 5) is 0. The van der Waals surface area contributed by atoms with E-state index in [2.05, 4.69) is 19.2 Å². The fourth-order valence-corrected chi connectivity index (χ4v) is 2.43. The van der Waals surface area contributed by atoms with E-state index >= 15 is 0 Å². The van der Waals surface area contributed by atoms with Crippen LogP contribution in [0.1, 0.15) is 26.7 Å². The molecule has 0 aliphatic carbocycles. The van der Waals surface area contributed by atoms with Crippen molar-refractivity contribution < 1.29 is 9.47 Å². The van der Waals surface area contributed by atoms with Crippen LogP contribution in [0.2, 0.25) is 5.02 Å². The van der Waals surface area contributed by atoms with Crippen molar-refractivity contribution in [2.24, 2.45) is 5.92 Å². The summed E-state index contributed by atoms with van der Waals surface area (Å²) < 4.78 is 11.7. The van der Waals surface area contributed by atoms with Gasteiger partial charge in [-0.2, -0.15) is 0 Å². The van der Waals surface area contributed by atoms with E-state index in [-0.39, 0.29) is 6.10 Å². The fraction of sp³-hybridized carbons (Fsp3) is 0.625. The second-order valence-electron chi connectivity index (χ2n) is 5.77. The first-order valence-electron chi connectivity index (χ1n) is 7.38. The molecule has 4 heteroatoms. The monoisotopic (exact) mass is 297 g/mol. The lowest BCUT2D eigenvalue weighted by Gasteiger charge is -2.16. The summed E-state index contributed by atoms with van der Waals surface area (Å²) >= 11 is 5.84. The standard InChI is InChI=1S/C16H24ClNO2/c1-12(2)9-18-10-15-7-8-16(20-15)11-19-14-5-3-13(17)4-6-14/h3-6,12,15-16,18H,7-11H2,1-2H3. The Kier molecular flexibility index (Phi) is 6.14. The van der Waals surface area contributed by atoms with Gasteiger partial charge in [-0.15, -0.1) is 0 Å². The van der Waals surface area contributed by atoms with Crippen LogP contribution in [-0.2, 0) is 4.74 Å². The number of hydrogen-bond acceptors (Lipinski definition) is 3. The lowest BCUT2D eigenvalue weighted by atomic mass is 10.2. The van der Waals surface area contributed by atoms with Crippen molar-refractivity contribution in [2.75, 3.05) is 19.7 Å². The average Bonchev–Trinajstić information content (AvgIpc) is 2.86. The molecular weight excluding hydrogens is 274 g/mol. The predicted molar refractivity (Wildman–Crippen MR) is 82.5 cm³/mol. The largest absolute Gasteiger partial charge is 0.491 e. The number of nitrogens with one attached hydrogen (secondary N) is 1. The summed E-state index contributed by atoms with van der Waals surface area (Å²) in [5, 5.41) is 4.17. The molecule has 2 atom stereocenters. The van der Waals surface area contributed by atoms with E-state index < -0.39 is 0 Å². The highest BCUT2D eigenvalue weighted by Gasteiger charge is 2.25. The highest BCUT2D eigenvalue weighted by molar-refractivity contribution is 6.30. The molecule has 1 aliphatic rings. The Morgan fingerprint density at radius 2 is 1.95 bits per heavy atom. The molecule has 0 radical (unpaired) electrons. The molecule has 0 bridgehead atoms. The minimum Gasteiger partial charge on any atom is -0.491 e. The summed E-state index contributed by atoms with van der Waals surface area (Å²) in [6.45, 7) is 7.03. The second-order valence-corrected chi connectivity index (χ2v) is 6.21. The van der Waals surface area contributed by atoms with Gasteiger partial charge in [-0.3, -0.25) is 0 Å². The molecule has 1 saturated heterocycles. The van der Waals surface area contributed by atoms with E-state index in [0.717, 1.165) is 36.7 Å². The van der Waals surface area contributed by atoms with Crippen molar-refractivity contribution in [3.05, 3.63) is 29.3 Å². The molecule has 1 aromatic rings. The fourth-order valence-electron chi connectivity index (χ4n) is 2.31. The van der Waals surface area contributed by atoms with Gasteiger partial charge < -0.3 is 14.8 Å². The Morgan fingerprint density at radius 3 is 2.65 bits per heavy atom. The predicted octanol–water partition coefficient (Wildman–Crippen LogP) is 3.51. The van der Waals surface area contributed by atoms with Crippen LogP contribution in [0.4, 0.5) is 0 Å². The average molecular weight is 298 g/mol. The van der Waals surface area contributed by atoms with Gasteiger partial charge in [0, 0.05) is 11.6 Å². The van der Waals surface area contributed by atoms with Crippen molar-refractivity contribution in [1.82, 2.24) is 5.32 Å². The minimum absolute atomic E-state index is 0.205. The molecular formula is C16H24ClNO2. The molecule has 1 aromatic carbocycles.